The molecule has 2 amide bonds. The lowest BCUT2D eigenvalue weighted by molar-refractivity contribution is -0.122. The predicted molar refractivity (Wildman–Crippen MR) is 73.8 cm³/mol. The second kappa shape index (κ2) is 10.1. The molecular weight excluding hydrogens is 254 g/mol. The lowest BCUT2D eigenvalue weighted by Crippen LogP contribution is -2.37. The van der Waals surface area contributed by atoms with Gasteiger partial charge in [0.1, 0.15) is 0 Å². The van der Waals surface area contributed by atoms with Crippen molar-refractivity contribution in [2.45, 2.75) is 45.1 Å². The van der Waals surface area contributed by atoms with Crippen molar-refractivity contribution in [1.82, 2.24) is 16.0 Å². The van der Waals surface area contributed by atoms with Crippen molar-refractivity contribution < 1.29 is 9.59 Å². The summed E-state index contributed by atoms with van der Waals surface area (Å²) in [5.41, 5.74) is 0. The van der Waals surface area contributed by atoms with Crippen LogP contribution in [-0.2, 0) is 9.59 Å². The number of rotatable bonds is 7. The molecule has 1 aliphatic heterocycles. The Morgan fingerprint density at radius 1 is 1.22 bits per heavy atom. The number of hydrogen-bond acceptors (Lipinski definition) is 3. The van der Waals surface area contributed by atoms with Gasteiger partial charge >= 0.3 is 0 Å². The van der Waals surface area contributed by atoms with Gasteiger partial charge in [-0.2, -0.15) is 0 Å². The van der Waals surface area contributed by atoms with E-state index in [-0.39, 0.29) is 24.2 Å². The second-order valence-electron chi connectivity index (χ2n) is 4.40. The summed E-state index contributed by atoms with van der Waals surface area (Å²) >= 11 is 0. The van der Waals surface area contributed by atoms with Crippen LogP contribution in [0.15, 0.2) is 0 Å². The van der Waals surface area contributed by atoms with Gasteiger partial charge in [-0.1, -0.05) is 0 Å². The lowest BCUT2D eigenvalue weighted by atomic mass is 10.2. The third-order valence-corrected chi connectivity index (χ3v) is 2.89. The second-order valence-corrected chi connectivity index (χ2v) is 4.40. The summed E-state index contributed by atoms with van der Waals surface area (Å²) in [6.45, 7) is 4.30. The van der Waals surface area contributed by atoms with E-state index in [9.17, 15) is 9.59 Å². The Kier molecular flexibility index (Phi) is 9.69. The number of nitrogens with one attached hydrogen (secondary N) is 3. The minimum Gasteiger partial charge on any atom is -0.356 e. The first-order valence-electron chi connectivity index (χ1n) is 6.49. The third kappa shape index (κ3) is 7.50. The first-order chi connectivity index (χ1) is 8.22. The summed E-state index contributed by atoms with van der Waals surface area (Å²) in [5.74, 6) is 0.0701. The van der Waals surface area contributed by atoms with Crippen molar-refractivity contribution in [2.75, 3.05) is 19.6 Å². The molecule has 1 atom stereocenters. The van der Waals surface area contributed by atoms with E-state index in [0.717, 1.165) is 13.0 Å². The van der Waals surface area contributed by atoms with Crippen LogP contribution in [0, 0.1) is 0 Å². The van der Waals surface area contributed by atoms with Crippen LogP contribution in [0.2, 0.25) is 0 Å². The molecule has 0 aromatic heterocycles. The average Bonchev–Trinajstić information content (AvgIpc) is 2.79. The van der Waals surface area contributed by atoms with Gasteiger partial charge in [0.25, 0.3) is 0 Å². The third-order valence-electron chi connectivity index (χ3n) is 2.89. The maximum Gasteiger partial charge on any atom is 0.220 e. The van der Waals surface area contributed by atoms with E-state index in [0.29, 0.717) is 38.4 Å². The van der Waals surface area contributed by atoms with E-state index < -0.39 is 0 Å². The highest BCUT2D eigenvalue weighted by atomic mass is 35.5. The molecule has 18 heavy (non-hydrogen) atoms. The highest BCUT2D eigenvalue weighted by Gasteiger charge is 2.14. The summed E-state index contributed by atoms with van der Waals surface area (Å²) in [7, 11) is 0. The number of halogens is 1. The van der Waals surface area contributed by atoms with Crippen LogP contribution in [-0.4, -0.2) is 37.5 Å². The minimum atomic E-state index is 0. The van der Waals surface area contributed by atoms with Crippen molar-refractivity contribution in [3.05, 3.63) is 0 Å². The number of amides is 2. The molecule has 0 aliphatic carbocycles. The average molecular weight is 278 g/mol. The van der Waals surface area contributed by atoms with Gasteiger partial charge in [-0.15, -0.1) is 12.4 Å². The molecule has 1 rings (SSSR count). The number of carbonyl (C=O) groups is 2. The Balaban J connectivity index is 0.00000289. The zero-order valence-electron chi connectivity index (χ0n) is 11.0. The molecule has 0 spiro atoms. The Hall–Kier alpha value is -0.810. The van der Waals surface area contributed by atoms with Crippen LogP contribution in [0.1, 0.15) is 39.0 Å². The Morgan fingerprint density at radius 2 is 1.89 bits per heavy atom. The van der Waals surface area contributed by atoms with Gasteiger partial charge in [0, 0.05) is 32.0 Å². The topological polar surface area (TPSA) is 70.2 Å². The van der Waals surface area contributed by atoms with Crippen LogP contribution in [0.25, 0.3) is 0 Å². The van der Waals surface area contributed by atoms with E-state index in [1.54, 1.807) is 0 Å². The first kappa shape index (κ1) is 17.2. The molecule has 1 aliphatic rings. The molecule has 0 aromatic rings. The molecule has 0 saturated carbocycles. The molecule has 1 heterocycles. The Morgan fingerprint density at radius 3 is 2.44 bits per heavy atom. The maximum atomic E-state index is 11.5. The smallest absolute Gasteiger partial charge is 0.220 e. The van der Waals surface area contributed by atoms with Gasteiger partial charge in [-0.3, -0.25) is 9.59 Å². The van der Waals surface area contributed by atoms with Crippen molar-refractivity contribution >= 4 is 24.2 Å². The molecule has 0 bridgehead atoms. The summed E-state index contributed by atoms with van der Waals surface area (Å²) < 4.78 is 0. The Bertz CT molecular complexity index is 256. The highest BCUT2D eigenvalue weighted by Crippen LogP contribution is 2.03. The zero-order chi connectivity index (χ0) is 12.5. The van der Waals surface area contributed by atoms with Crippen LogP contribution in [0.3, 0.4) is 0 Å². The van der Waals surface area contributed by atoms with Gasteiger partial charge in [0.15, 0.2) is 0 Å². The standard InChI is InChI=1S/C12H23N3O2.ClH/c1-2-13-11(16)6-3-7-12(17)15-9-10-5-4-8-14-10;/h10,14H,2-9H2,1H3,(H,13,16)(H,15,17);1H. The van der Waals surface area contributed by atoms with Gasteiger partial charge in [0.05, 0.1) is 0 Å². The summed E-state index contributed by atoms with van der Waals surface area (Å²) in [4.78, 5) is 22.6. The molecule has 3 N–H and O–H groups in total. The molecule has 106 valence electrons. The molecular formula is C12H24ClN3O2. The summed E-state index contributed by atoms with van der Waals surface area (Å²) in [6, 6.07) is 0.433. The lowest BCUT2D eigenvalue weighted by Gasteiger charge is -2.11. The molecule has 0 radical (unpaired) electrons. The molecule has 1 saturated heterocycles. The molecule has 6 heteroatoms. The van der Waals surface area contributed by atoms with E-state index >= 15 is 0 Å². The largest absolute Gasteiger partial charge is 0.356 e. The first-order valence-corrected chi connectivity index (χ1v) is 6.49. The number of hydrogen-bond donors (Lipinski definition) is 3. The fraction of sp³-hybridized carbons (Fsp3) is 0.833. The van der Waals surface area contributed by atoms with Crippen molar-refractivity contribution in [2.24, 2.45) is 0 Å². The Labute approximate surface area is 115 Å². The molecule has 0 aromatic carbocycles. The monoisotopic (exact) mass is 277 g/mol. The number of carbonyl (C=O) groups excluding carboxylic acids is 2. The summed E-state index contributed by atoms with van der Waals surface area (Å²) in [6.07, 6.45) is 3.82. The van der Waals surface area contributed by atoms with Crippen LogP contribution in [0.5, 0.6) is 0 Å². The SMILES string of the molecule is CCNC(=O)CCCC(=O)NCC1CCCN1.Cl. The van der Waals surface area contributed by atoms with E-state index in [4.69, 9.17) is 0 Å². The van der Waals surface area contributed by atoms with E-state index in [1.165, 1.54) is 6.42 Å². The molecule has 1 unspecified atom stereocenters. The quantitative estimate of drug-likeness (QED) is 0.638. The molecule has 5 nitrogen and oxygen atoms in total. The van der Waals surface area contributed by atoms with Crippen LogP contribution >= 0.6 is 12.4 Å². The minimum absolute atomic E-state index is 0. The van der Waals surface area contributed by atoms with Gasteiger partial charge in [0.2, 0.25) is 11.8 Å². The molecule has 1 fully saturated rings. The van der Waals surface area contributed by atoms with Gasteiger partial charge in [-0.25, -0.2) is 0 Å². The maximum absolute atomic E-state index is 11.5. The van der Waals surface area contributed by atoms with Gasteiger partial charge in [-0.05, 0) is 32.7 Å². The van der Waals surface area contributed by atoms with Crippen molar-refractivity contribution in [1.29, 1.82) is 0 Å². The van der Waals surface area contributed by atoms with Crippen molar-refractivity contribution in [3.8, 4) is 0 Å². The van der Waals surface area contributed by atoms with Crippen molar-refractivity contribution in [3.63, 3.8) is 0 Å². The fourth-order valence-electron chi connectivity index (χ4n) is 1.95. The van der Waals surface area contributed by atoms with Crippen LogP contribution < -0.4 is 16.0 Å². The van der Waals surface area contributed by atoms with Crippen LogP contribution in [0.4, 0.5) is 0 Å². The highest BCUT2D eigenvalue weighted by molar-refractivity contribution is 5.85. The normalized spacial score (nSPS) is 17.9. The zero-order valence-corrected chi connectivity index (χ0v) is 11.8. The summed E-state index contributed by atoms with van der Waals surface area (Å²) in [5, 5.41) is 8.94. The van der Waals surface area contributed by atoms with Gasteiger partial charge < -0.3 is 16.0 Å². The van der Waals surface area contributed by atoms with E-state index in [2.05, 4.69) is 16.0 Å². The predicted octanol–water partition coefficient (Wildman–Crippen LogP) is 0.583. The van der Waals surface area contributed by atoms with E-state index in [1.807, 2.05) is 6.92 Å². The fourth-order valence-corrected chi connectivity index (χ4v) is 1.95.